The van der Waals surface area contributed by atoms with Gasteiger partial charge in [-0.1, -0.05) is 6.92 Å². The van der Waals surface area contributed by atoms with E-state index >= 15 is 0 Å². The molecule has 0 aliphatic carbocycles. The molecule has 18 heavy (non-hydrogen) atoms. The van der Waals surface area contributed by atoms with Gasteiger partial charge in [0.15, 0.2) is 0 Å². The summed E-state index contributed by atoms with van der Waals surface area (Å²) in [4.78, 5) is 14.7. The Morgan fingerprint density at radius 2 is 2.17 bits per heavy atom. The van der Waals surface area contributed by atoms with E-state index in [2.05, 4.69) is 24.1 Å². The van der Waals surface area contributed by atoms with Crippen molar-refractivity contribution < 1.29 is 9.53 Å². The fourth-order valence-corrected chi connectivity index (χ4v) is 2.90. The first kappa shape index (κ1) is 13.8. The molecule has 0 aromatic heterocycles. The van der Waals surface area contributed by atoms with Crippen molar-refractivity contribution in [1.82, 2.24) is 10.2 Å². The van der Waals surface area contributed by atoms with Gasteiger partial charge in [-0.15, -0.1) is 0 Å². The summed E-state index contributed by atoms with van der Waals surface area (Å²) in [5.74, 6) is 0.497. The van der Waals surface area contributed by atoms with E-state index in [1.165, 1.54) is 0 Å². The molecule has 2 aliphatic heterocycles. The topological polar surface area (TPSA) is 41.6 Å². The van der Waals surface area contributed by atoms with Crippen LogP contribution < -0.4 is 5.32 Å². The highest BCUT2D eigenvalue weighted by Gasteiger charge is 2.34. The first-order chi connectivity index (χ1) is 8.61. The zero-order valence-electron chi connectivity index (χ0n) is 11.8. The highest BCUT2D eigenvalue weighted by Crippen LogP contribution is 2.22. The minimum atomic E-state index is 0.167. The number of nitrogens with zero attached hydrogens (tertiary/aromatic N) is 1. The number of nitrogens with one attached hydrogen (secondary N) is 1. The van der Waals surface area contributed by atoms with Gasteiger partial charge in [-0.2, -0.15) is 0 Å². The van der Waals surface area contributed by atoms with Gasteiger partial charge in [0, 0.05) is 19.1 Å². The molecule has 0 bridgehead atoms. The molecule has 0 radical (unpaired) electrons. The zero-order chi connectivity index (χ0) is 13.1. The minimum Gasteiger partial charge on any atom is -0.375 e. The summed E-state index contributed by atoms with van der Waals surface area (Å²) >= 11 is 0. The van der Waals surface area contributed by atoms with Gasteiger partial charge in [-0.25, -0.2) is 0 Å². The van der Waals surface area contributed by atoms with Crippen LogP contribution in [0, 0.1) is 5.92 Å². The van der Waals surface area contributed by atoms with Gasteiger partial charge in [-0.3, -0.25) is 4.79 Å². The second-order valence-corrected chi connectivity index (χ2v) is 5.78. The van der Waals surface area contributed by atoms with E-state index in [0.29, 0.717) is 18.6 Å². The lowest BCUT2D eigenvalue weighted by Gasteiger charge is -2.41. The Balaban J connectivity index is 1.97. The smallest absolute Gasteiger partial charge is 0.227 e. The van der Waals surface area contributed by atoms with Gasteiger partial charge in [0.2, 0.25) is 5.91 Å². The Morgan fingerprint density at radius 3 is 2.78 bits per heavy atom. The van der Waals surface area contributed by atoms with E-state index in [4.69, 9.17) is 4.74 Å². The maximum Gasteiger partial charge on any atom is 0.227 e. The second-order valence-electron chi connectivity index (χ2n) is 5.78. The molecule has 4 nitrogen and oxygen atoms in total. The Bertz CT molecular complexity index is 288. The van der Waals surface area contributed by atoms with Crippen LogP contribution in [0.2, 0.25) is 0 Å². The highest BCUT2D eigenvalue weighted by molar-refractivity contribution is 5.79. The zero-order valence-corrected chi connectivity index (χ0v) is 11.8. The highest BCUT2D eigenvalue weighted by atomic mass is 16.5. The standard InChI is InChI=1S/C14H26N2O2/c1-4-13-9-18-11(3)8-16(13)14(17)12-6-5-10(2)15-7-12/h10-13,15H,4-9H2,1-3H3. The lowest BCUT2D eigenvalue weighted by atomic mass is 9.93. The average Bonchev–Trinajstić information content (AvgIpc) is 2.39. The molecule has 4 heteroatoms. The number of piperidine rings is 1. The molecule has 0 aromatic rings. The molecule has 0 saturated carbocycles. The van der Waals surface area contributed by atoms with Crippen LogP contribution in [0.5, 0.6) is 0 Å². The van der Waals surface area contributed by atoms with Crippen LogP contribution in [0.1, 0.15) is 40.0 Å². The van der Waals surface area contributed by atoms with Crippen LogP contribution in [0.3, 0.4) is 0 Å². The molecule has 2 aliphatic rings. The lowest BCUT2D eigenvalue weighted by molar-refractivity contribution is -0.149. The predicted molar refractivity (Wildman–Crippen MR) is 71.4 cm³/mol. The Morgan fingerprint density at radius 1 is 1.39 bits per heavy atom. The van der Waals surface area contributed by atoms with Crippen LogP contribution in [-0.2, 0) is 9.53 Å². The molecule has 4 unspecified atom stereocenters. The molecule has 0 spiro atoms. The SMILES string of the molecule is CCC1COC(C)CN1C(=O)C1CCC(C)NC1. The van der Waals surface area contributed by atoms with Crippen molar-refractivity contribution in [2.45, 2.75) is 58.2 Å². The molecule has 2 rings (SSSR count). The molecule has 2 fully saturated rings. The molecule has 104 valence electrons. The van der Waals surface area contributed by atoms with Crippen molar-refractivity contribution in [3.8, 4) is 0 Å². The van der Waals surface area contributed by atoms with Gasteiger partial charge < -0.3 is 15.0 Å². The summed E-state index contributed by atoms with van der Waals surface area (Å²) in [5, 5.41) is 3.42. The van der Waals surface area contributed by atoms with Gasteiger partial charge in [0.05, 0.1) is 24.7 Å². The van der Waals surface area contributed by atoms with Crippen LogP contribution >= 0.6 is 0 Å². The van der Waals surface area contributed by atoms with E-state index in [0.717, 1.165) is 32.4 Å². The normalized spacial score (nSPS) is 37.6. The maximum absolute atomic E-state index is 12.6. The van der Waals surface area contributed by atoms with Crippen molar-refractivity contribution in [3.63, 3.8) is 0 Å². The largest absolute Gasteiger partial charge is 0.375 e. The second kappa shape index (κ2) is 6.02. The van der Waals surface area contributed by atoms with E-state index in [1.807, 2.05) is 6.92 Å². The molecule has 0 aromatic carbocycles. The van der Waals surface area contributed by atoms with Crippen LogP contribution in [0.25, 0.3) is 0 Å². The maximum atomic E-state index is 12.6. The van der Waals surface area contributed by atoms with Crippen molar-refractivity contribution in [2.24, 2.45) is 5.92 Å². The predicted octanol–water partition coefficient (Wildman–Crippen LogP) is 1.40. The summed E-state index contributed by atoms with van der Waals surface area (Å²) in [5.41, 5.74) is 0. The van der Waals surface area contributed by atoms with Crippen molar-refractivity contribution in [1.29, 1.82) is 0 Å². The number of hydrogen-bond acceptors (Lipinski definition) is 3. The van der Waals surface area contributed by atoms with Crippen LogP contribution in [0.4, 0.5) is 0 Å². The summed E-state index contributed by atoms with van der Waals surface area (Å²) in [7, 11) is 0. The lowest BCUT2D eigenvalue weighted by Crippen LogP contribution is -2.55. The van der Waals surface area contributed by atoms with Gasteiger partial charge in [-0.05, 0) is 33.1 Å². The molecule has 2 heterocycles. The summed E-state index contributed by atoms with van der Waals surface area (Å²) in [6.07, 6.45) is 3.28. The van der Waals surface area contributed by atoms with E-state index in [9.17, 15) is 4.79 Å². The quantitative estimate of drug-likeness (QED) is 0.810. The molecule has 2 saturated heterocycles. The molecular weight excluding hydrogens is 228 g/mol. The van der Waals surface area contributed by atoms with Gasteiger partial charge in [0.25, 0.3) is 0 Å². The van der Waals surface area contributed by atoms with Crippen LogP contribution in [0.15, 0.2) is 0 Å². The third-order valence-corrected chi connectivity index (χ3v) is 4.23. The average molecular weight is 254 g/mol. The fraction of sp³-hybridized carbons (Fsp3) is 0.929. The number of carbonyl (C=O) groups excluding carboxylic acids is 1. The molecule has 1 N–H and O–H groups in total. The number of ether oxygens (including phenoxy) is 1. The van der Waals surface area contributed by atoms with Gasteiger partial charge in [0.1, 0.15) is 0 Å². The molecule has 1 amide bonds. The summed E-state index contributed by atoms with van der Waals surface area (Å²) < 4.78 is 5.66. The van der Waals surface area contributed by atoms with Crippen LogP contribution in [-0.4, -0.2) is 48.7 Å². The minimum absolute atomic E-state index is 0.167. The van der Waals surface area contributed by atoms with Gasteiger partial charge >= 0.3 is 0 Å². The Hall–Kier alpha value is -0.610. The first-order valence-electron chi connectivity index (χ1n) is 7.27. The fourth-order valence-electron chi connectivity index (χ4n) is 2.90. The van der Waals surface area contributed by atoms with Crippen molar-refractivity contribution in [2.75, 3.05) is 19.7 Å². The summed E-state index contributed by atoms with van der Waals surface area (Å²) in [6, 6.07) is 0.827. The number of carbonyl (C=O) groups is 1. The van der Waals surface area contributed by atoms with E-state index in [-0.39, 0.29) is 18.1 Å². The monoisotopic (exact) mass is 254 g/mol. The van der Waals surface area contributed by atoms with E-state index < -0.39 is 0 Å². The first-order valence-corrected chi connectivity index (χ1v) is 7.27. The van der Waals surface area contributed by atoms with Crippen molar-refractivity contribution in [3.05, 3.63) is 0 Å². The number of hydrogen-bond donors (Lipinski definition) is 1. The third kappa shape index (κ3) is 3.04. The van der Waals surface area contributed by atoms with E-state index in [1.54, 1.807) is 0 Å². The Labute approximate surface area is 110 Å². The van der Waals surface area contributed by atoms with Crippen molar-refractivity contribution >= 4 is 5.91 Å². The molecular formula is C14H26N2O2. The Kier molecular flexibility index (Phi) is 4.62. The number of rotatable bonds is 2. The molecule has 4 atom stereocenters. The number of morpholine rings is 1. The number of amides is 1. The third-order valence-electron chi connectivity index (χ3n) is 4.23. The summed E-state index contributed by atoms with van der Waals surface area (Å²) in [6.45, 7) is 8.65.